The van der Waals surface area contributed by atoms with E-state index in [1.165, 1.54) is 0 Å². The lowest BCUT2D eigenvalue weighted by atomic mass is 9.83. The first kappa shape index (κ1) is 21.2. The largest absolute Gasteiger partial charge is 0.396 e. The molecule has 25 heavy (non-hydrogen) atoms. The Bertz CT molecular complexity index is 584. The van der Waals surface area contributed by atoms with Gasteiger partial charge in [-0.1, -0.05) is 27.7 Å². The smallest absolute Gasteiger partial charge is 0.251 e. The predicted octanol–water partition coefficient (Wildman–Crippen LogP) is 3.51. The molecule has 1 aromatic carbocycles. The normalized spacial score (nSPS) is 11.5. The van der Waals surface area contributed by atoms with Crippen molar-refractivity contribution in [1.82, 2.24) is 5.32 Å². The Morgan fingerprint density at radius 3 is 2.32 bits per heavy atom. The molecule has 5 heteroatoms. The first-order valence-electron chi connectivity index (χ1n) is 9.06. The molecule has 0 bridgehead atoms. The molecule has 0 aliphatic heterocycles. The van der Waals surface area contributed by atoms with Crippen molar-refractivity contribution < 1.29 is 14.7 Å². The summed E-state index contributed by atoms with van der Waals surface area (Å²) in [7, 11) is 0. The molecule has 0 aliphatic rings. The molecule has 0 heterocycles. The molecular formula is C20H32N2O3. The summed E-state index contributed by atoms with van der Waals surface area (Å²) in [6.45, 7) is 10.4. The van der Waals surface area contributed by atoms with Gasteiger partial charge in [0.05, 0.1) is 6.61 Å². The van der Waals surface area contributed by atoms with Gasteiger partial charge in [-0.05, 0) is 49.4 Å². The number of carbonyl (C=O) groups is 2. The highest BCUT2D eigenvalue weighted by atomic mass is 16.3. The Morgan fingerprint density at radius 1 is 1.20 bits per heavy atom. The lowest BCUT2D eigenvalue weighted by molar-refractivity contribution is -0.116. The van der Waals surface area contributed by atoms with Crippen LogP contribution in [-0.2, 0) is 4.79 Å². The minimum absolute atomic E-state index is 0.0195. The number of hydrogen-bond donors (Lipinski definition) is 3. The monoisotopic (exact) mass is 348 g/mol. The average Bonchev–Trinajstić information content (AvgIpc) is 2.57. The summed E-state index contributed by atoms with van der Waals surface area (Å²) in [5.41, 5.74) is 1.87. The van der Waals surface area contributed by atoms with E-state index >= 15 is 0 Å². The number of carbonyl (C=O) groups excluding carboxylic acids is 2. The third-order valence-electron chi connectivity index (χ3n) is 4.82. The minimum atomic E-state index is -0.268. The van der Waals surface area contributed by atoms with Gasteiger partial charge in [0.15, 0.2) is 0 Å². The zero-order chi connectivity index (χ0) is 19.0. The van der Waals surface area contributed by atoms with Crippen LogP contribution in [0.25, 0.3) is 0 Å². The lowest BCUT2D eigenvalue weighted by Gasteiger charge is -2.29. The SMILES string of the molecule is CCC(CC)(CO)CNC(=O)c1ccc(NC(=O)CC(C)C)c(C)c1. The maximum atomic E-state index is 12.4. The second kappa shape index (κ2) is 9.56. The fourth-order valence-electron chi connectivity index (χ4n) is 2.67. The van der Waals surface area contributed by atoms with Crippen molar-refractivity contribution in [2.24, 2.45) is 11.3 Å². The van der Waals surface area contributed by atoms with Crippen LogP contribution in [-0.4, -0.2) is 30.1 Å². The van der Waals surface area contributed by atoms with Crippen molar-refractivity contribution >= 4 is 17.5 Å². The number of aliphatic hydroxyl groups is 1. The molecule has 140 valence electrons. The number of nitrogens with one attached hydrogen (secondary N) is 2. The number of hydrogen-bond acceptors (Lipinski definition) is 3. The Labute approximate surface area is 151 Å². The summed E-state index contributed by atoms with van der Waals surface area (Å²) in [4.78, 5) is 24.3. The molecule has 0 saturated carbocycles. The number of amides is 2. The van der Waals surface area contributed by atoms with Gasteiger partial charge < -0.3 is 15.7 Å². The molecule has 0 atom stereocenters. The van der Waals surface area contributed by atoms with E-state index in [0.29, 0.717) is 24.4 Å². The summed E-state index contributed by atoms with van der Waals surface area (Å²) >= 11 is 0. The van der Waals surface area contributed by atoms with Crippen LogP contribution in [0.15, 0.2) is 18.2 Å². The van der Waals surface area contributed by atoms with E-state index in [0.717, 1.165) is 24.1 Å². The number of anilines is 1. The number of aliphatic hydroxyl groups excluding tert-OH is 1. The van der Waals surface area contributed by atoms with Crippen molar-refractivity contribution in [2.45, 2.75) is 53.9 Å². The van der Waals surface area contributed by atoms with Crippen LogP contribution in [0.4, 0.5) is 5.69 Å². The summed E-state index contributed by atoms with van der Waals surface area (Å²) in [6.07, 6.45) is 2.08. The topological polar surface area (TPSA) is 78.4 Å². The van der Waals surface area contributed by atoms with Gasteiger partial charge in [0, 0.05) is 29.6 Å². The van der Waals surface area contributed by atoms with Crippen LogP contribution < -0.4 is 10.6 Å². The Kier molecular flexibility index (Phi) is 8.10. The summed E-state index contributed by atoms with van der Waals surface area (Å²) in [6, 6.07) is 5.26. The zero-order valence-electron chi connectivity index (χ0n) is 16.1. The minimum Gasteiger partial charge on any atom is -0.396 e. The first-order chi connectivity index (χ1) is 11.8. The molecule has 0 fully saturated rings. The number of aryl methyl sites for hydroxylation is 1. The van der Waals surface area contributed by atoms with Crippen LogP contribution >= 0.6 is 0 Å². The second-order valence-corrected chi connectivity index (χ2v) is 7.22. The molecule has 0 unspecified atom stereocenters. The molecule has 2 amide bonds. The highest BCUT2D eigenvalue weighted by molar-refractivity contribution is 5.96. The van der Waals surface area contributed by atoms with Crippen LogP contribution in [0.1, 0.15) is 62.9 Å². The lowest BCUT2D eigenvalue weighted by Crippen LogP contribution is -2.39. The van der Waals surface area contributed by atoms with Crippen molar-refractivity contribution in [2.75, 3.05) is 18.5 Å². The molecule has 0 saturated heterocycles. The van der Waals surface area contributed by atoms with Gasteiger partial charge >= 0.3 is 0 Å². The van der Waals surface area contributed by atoms with Crippen LogP contribution in [0.3, 0.4) is 0 Å². The van der Waals surface area contributed by atoms with E-state index in [1.54, 1.807) is 18.2 Å². The fourth-order valence-corrected chi connectivity index (χ4v) is 2.67. The molecule has 1 rings (SSSR count). The molecule has 0 aromatic heterocycles. The highest BCUT2D eigenvalue weighted by Crippen LogP contribution is 2.24. The van der Waals surface area contributed by atoms with Crippen molar-refractivity contribution in [3.05, 3.63) is 29.3 Å². The zero-order valence-corrected chi connectivity index (χ0v) is 16.1. The van der Waals surface area contributed by atoms with Crippen LogP contribution in [0.2, 0.25) is 0 Å². The van der Waals surface area contributed by atoms with Gasteiger partial charge in [-0.15, -0.1) is 0 Å². The fraction of sp³-hybridized carbons (Fsp3) is 0.600. The number of rotatable bonds is 9. The third kappa shape index (κ3) is 6.16. The van der Waals surface area contributed by atoms with Crippen LogP contribution in [0, 0.1) is 18.3 Å². The van der Waals surface area contributed by atoms with E-state index < -0.39 is 0 Å². The Morgan fingerprint density at radius 2 is 1.84 bits per heavy atom. The Balaban J connectivity index is 2.75. The van der Waals surface area contributed by atoms with Crippen molar-refractivity contribution in [1.29, 1.82) is 0 Å². The van der Waals surface area contributed by atoms with Gasteiger partial charge in [-0.2, -0.15) is 0 Å². The Hall–Kier alpha value is -1.88. The molecule has 0 aliphatic carbocycles. The van der Waals surface area contributed by atoms with Crippen molar-refractivity contribution in [3.8, 4) is 0 Å². The standard InChI is InChI=1S/C20H32N2O3/c1-6-20(7-2,13-23)12-21-19(25)16-8-9-17(15(5)11-16)22-18(24)10-14(3)4/h8-9,11,14,23H,6-7,10,12-13H2,1-5H3,(H,21,25)(H,22,24). The molecule has 0 spiro atoms. The molecule has 0 radical (unpaired) electrons. The van der Waals surface area contributed by atoms with Crippen LogP contribution in [0.5, 0.6) is 0 Å². The second-order valence-electron chi connectivity index (χ2n) is 7.22. The molecule has 3 N–H and O–H groups in total. The van der Waals surface area contributed by atoms with E-state index in [2.05, 4.69) is 10.6 Å². The summed E-state index contributed by atoms with van der Waals surface area (Å²) in [5.74, 6) is 0.117. The third-order valence-corrected chi connectivity index (χ3v) is 4.82. The van der Waals surface area contributed by atoms with E-state index in [9.17, 15) is 14.7 Å². The number of benzene rings is 1. The van der Waals surface area contributed by atoms with Crippen molar-refractivity contribution in [3.63, 3.8) is 0 Å². The molecule has 5 nitrogen and oxygen atoms in total. The van der Waals surface area contributed by atoms with E-state index in [1.807, 2.05) is 34.6 Å². The maximum Gasteiger partial charge on any atom is 0.251 e. The summed E-state index contributed by atoms with van der Waals surface area (Å²) in [5, 5.41) is 15.4. The van der Waals surface area contributed by atoms with Gasteiger partial charge in [0.25, 0.3) is 5.91 Å². The average molecular weight is 348 g/mol. The molecular weight excluding hydrogens is 316 g/mol. The van der Waals surface area contributed by atoms with E-state index in [4.69, 9.17) is 0 Å². The van der Waals surface area contributed by atoms with Gasteiger partial charge in [-0.25, -0.2) is 0 Å². The molecule has 1 aromatic rings. The maximum absolute atomic E-state index is 12.4. The van der Waals surface area contributed by atoms with Gasteiger partial charge in [-0.3, -0.25) is 9.59 Å². The predicted molar refractivity (Wildman–Crippen MR) is 102 cm³/mol. The highest BCUT2D eigenvalue weighted by Gasteiger charge is 2.26. The van der Waals surface area contributed by atoms with E-state index in [-0.39, 0.29) is 23.8 Å². The first-order valence-corrected chi connectivity index (χ1v) is 9.06. The van der Waals surface area contributed by atoms with Gasteiger partial charge in [0.2, 0.25) is 5.91 Å². The summed E-state index contributed by atoms with van der Waals surface area (Å²) < 4.78 is 0. The quantitative estimate of drug-likeness (QED) is 0.639. The van der Waals surface area contributed by atoms with Gasteiger partial charge in [0.1, 0.15) is 0 Å².